The maximum absolute atomic E-state index is 12.8. The minimum absolute atomic E-state index is 0.0505. The molecular weight excluding hydrogens is 390 g/mol. The average Bonchev–Trinajstić information content (AvgIpc) is 3.14. The lowest BCUT2D eigenvalue weighted by molar-refractivity contribution is 0.0862. The molecule has 1 saturated carbocycles. The quantitative estimate of drug-likeness (QED) is 0.635. The highest BCUT2D eigenvalue weighted by atomic mass is 32.2. The number of hydrogen-bond donors (Lipinski definition) is 3. The van der Waals surface area contributed by atoms with Crippen molar-refractivity contribution in [1.29, 1.82) is 0 Å². The van der Waals surface area contributed by atoms with Gasteiger partial charge in [0.25, 0.3) is 11.8 Å². The largest absolute Gasteiger partial charge is 0.393 e. The van der Waals surface area contributed by atoms with E-state index in [0.717, 1.165) is 24.2 Å². The lowest BCUT2D eigenvalue weighted by Gasteiger charge is -2.25. The second-order valence-electron chi connectivity index (χ2n) is 7.11. The molecule has 2 aromatic rings. The van der Waals surface area contributed by atoms with Crippen molar-refractivity contribution in [3.63, 3.8) is 0 Å². The molecule has 0 spiro atoms. The summed E-state index contributed by atoms with van der Waals surface area (Å²) in [5.74, 6) is 0.220. The fraction of sp³-hybridized carbons (Fsp3) is 0.500. The Kier molecular flexibility index (Phi) is 7.27. The summed E-state index contributed by atoms with van der Waals surface area (Å²) in [6, 6.07) is 7.12. The highest BCUT2D eigenvalue weighted by Gasteiger charge is 2.25. The number of carbonyl (C=O) groups is 2. The van der Waals surface area contributed by atoms with Crippen molar-refractivity contribution < 1.29 is 14.7 Å². The van der Waals surface area contributed by atoms with Crippen molar-refractivity contribution in [2.45, 2.75) is 50.5 Å². The summed E-state index contributed by atoms with van der Waals surface area (Å²) in [6.07, 6.45) is 4.62. The van der Waals surface area contributed by atoms with E-state index in [1.807, 2.05) is 13.2 Å². The van der Waals surface area contributed by atoms with E-state index in [1.54, 1.807) is 40.7 Å². The molecule has 0 unspecified atom stereocenters. The van der Waals surface area contributed by atoms with Crippen LogP contribution in [0.4, 0.5) is 0 Å². The Morgan fingerprint density at radius 2 is 1.86 bits per heavy atom. The number of hydrogen-bond acceptors (Lipinski definition) is 6. The number of aromatic nitrogens is 3. The van der Waals surface area contributed by atoms with E-state index in [9.17, 15) is 14.7 Å². The molecule has 1 aromatic heterocycles. The molecule has 9 heteroatoms. The number of aliphatic hydroxyl groups is 1. The highest BCUT2D eigenvalue weighted by Crippen LogP contribution is 2.21. The molecular formula is C20H27N5O3S. The molecule has 0 bridgehead atoms. The lowest BCUT2D eigenvalue weighted by atomic mass is 9.93. The molecule has 1 fully saturated rings. The van der Waals surface area contributed by atoms with Gasteiger partial charge >= 0.3 is 0 Å². The predicted molar refractivity (Wildman–Crippen MR) is 112 cm³/mol. The molecule has 8 nitrogen and oxygen atoms in total. The summed E-state index contributed by atoms with van der Waals surface area (Å²) in [5, 5.41) is 23.8. The van der Waals surface area contributed by atoms with Crippen LogP contribution in [0, 0.1) is 0 Å². The van der Waals surface area contributed by atoms with Crippen molar-refractivity contribution in [3.8, 4) is 5.69 Å². The zero-order chi connectivity index (χ0) is 20.8. The highest BCUT2D eigenvalue weighted by molar-refractivity contribution is 7.97. The first kappa shape index (κ1) is 21.3. The van der Waals surface area contributed by atoms with Gasteiger partial charge in [-0.25, -0.2) is 4.68 Å². The number of benzene rings is 1. The Labute approximate surface area is 174 Å². The SMILES string of the molecule is CCNC(=O)c1ccc(-n2nnc(C(=O)N[C@H]3CC[C@H](O)CC3)c2CSC)cc1. The molecule has 29 heavy (non-hydrogen) atoms. The summed E-state index contributed by atoms with van der Waals surface area (Å²) in [4.78, 5) is 24.7. The molecule has 3 N–H and O–H groups in total. The molecule has 1 aliphatic rings. The summed E-state index contributed by atoms with van der Waals surface area (Å²) < 4.78 is 1.65. The summed E-state index contributed by atoms with van der Waals surface area (Å²) in [7, 11) is 0. The van der Waals surface area contributed by atoms with Gasteiger partial charge < -0.3 is 15.7 Å². The summed E-state index contributed by atoms with van der Waals surface area (Å²) >= 11 is 1.58. The topological polar surface area (TPSA) is 109 Å². The standard InChI is InChI=1S/C20H27N5O3S/c1-3-21-19(27)13-4-8-15(9-5-13)25-17(12-29-2)18(23-24-25)20(28)22-14-6-10-16(26)11-7-14/h4-5,8-9,14,16,26H,3,6-7,10-12H2,1-2H3,(H,21,27)(H,22,28)/t14-,16-. The maximum atomic E-state index is 12.8. The number of nitrogens with one attached hydrogen (secondary N) is 2. The van der Waals surface area contributed by atoms with Crippen LogP contribution in [0.2, 0.25) is 0 Å². The van der Waals surface area contributed by atoms with Crippen LogP contribution in [-0.4, -0.2) is 56.9 Å². The number of carbonyl (C=O) groups excluding carboxylic acids is 2. The molecule has 0 saturated heterocycles. The van der Waals surface area contributed by atoms with Gasteiger partial charge in [-0.05, 0) is 63.1 Å². The monoisotopic (exact) mass is 417 g/mol. The van der Waals surface area contributed by atoms with E-state index < -0.39 is 0 Å². The van der Waals surface area contributed by atoms with Crippen molar-refractivity contribution in [2.24, 2.45) is 0 Å². The van der Waals surface area contributed by atoms with E-state index in [1.165, 1.54) is 0 Å². The third-order valence-corrected chi connectivity index (χ3v) is 5.56. The fourth-order valence-corrected chi connectivity index (χ4v) is 3.97. The van der Waals surface area contributed by atoms with E-state index in [0.29, 0.717) is 36.4 Å². The normalized spacial score (nSPS) is 19.0. The molecule has 0 radical (unpaired) electrons. The molecule has 0 aliphatic heterocycles. The van der Waals surface area contributed by atoms with Crippen LogP contribution in [0.15, 0.2) is 24.3 Å². The number of thioether (sulfide) groups is 1. The molecule has 1 aliphatic carbocycles. The molecule has 3 rings (SSSR count). The summed E-state index contributed by atoms with van der Waals surface area (Å²) in [5.41, 5.74) is 2.35. The van der Waals surface area contributed by atoms with E-state index in [2.05, 4.69) is 20.9 Å². The van der Waals surface area contributed by atoms with Gasteiger partial charge in [-0.2, -0.15) is 11.8 Å². The third kappa shape index (κ3) is 5.16. The Morgan fingerprint density at radius 3 is 2.48 bits per heavy atom. The minimum atomic E-state index is -0.265. The van der Waals surface area contributed by atoms with E-state index in [4.69, 9.17) is 0 Å². The van der Waals surface area contributed by atoms with Crippen LogP contribution in [0.5, 0.6) is 0 Å². The maximum Gasteiger partial charge on any atom is 0.274 e. The van der Waals surface area contributed by atoms with Gasteiger partial charge in [-0.3, -0.25) is 9.59 Å². The molecule has 1 heterocycles. The van der Waals surface area contributed by atoms with Crippen molar-refractivity contribution in [3.05, 3.63) is 41.2 Å². The van der Waals surface area contributed by atoms with Crippen LogP contribution in [-0.2, 0) is 5.75 Å². The van der Waals surface area contributed by atoms with E-state index in [-0.39, 0.29) is 24.0 Å². The zero-order valence-electron chi connectivity index (χ0n) is 16.7. The van der Waals surface area contributed by atoms with Gasteiger partial charge in [0.15, 0.2) is 5.69 Å². The lowest BCUT2D eigenvalue weighted by Crippen LogP contribution is -2.39. The van der Waals surface area contributed by atoms with Gasteiger partial charge in [0.1, 0.15) is 0 Å². The minimum Gasteiger partial charge on any atom is -0.393 e. The Balaban J connectivity index is 1.79. The van der Waals surface area contributed by atoms with E-state index >= 15 is 0 Å². The molecule has 2 amide bonds. The second-order valence-corrected chi connectivity index (χ2v) is 7.98. The smallest absolute Gasteiger partial charge is 0.274 e. The Morgan fingerprint density at radius 1 is 1.17 bits per heavy atom. The number of aliphatic hydroxyl groups excluding tert-OH is 1. The first-order valence-corrected chi connectivity index (χ1v) is 11.2. The van der Waals surface area contributed by atoms with Crippen LogP contribution < -0.4 is 10.6 Å². The van der Waals surface area contributed by atoms with Gasteiger partial charge in [-0.1, -0.05) is 5.21 Å². The van der Waals surface area contributed by atoms with Crippen LogP contribution in [0.25, 0.3) is 5.69 Å². The first-order chi connectivity index (χ1) is 14.0. The van der Waals surface area contributed by atoms with Crippen LogP contribution in [0.1, 0.15) is 59.1 Å². The Hall–Kier alpha value is -2.39. The Bertz CT molecular complexity index is 844. The van der Waals surface area contributed by atoms with Gasteiger partial charge in [0.05, 0.1) is 17.5 Å². The number of rotatable bonds is 7. The zero-order valence-corrected chi connectivity index (χ0v) is 17.5. The predicted octanol–water partition coefficient (Wildman–Crippen LogP) is 1.91. The van der Waals surface area contributed by atoms with Crippen LogP contribution in [0.3, 0.4) is 0 Å². The summed E-state index contributed by atoms with van der Waals surface area (Å²) in [6.45, 7) is 2.44. The second kappa shape index (κ2) is 9.89. The van der Waals surface area contributed by atoms with Gasteiger partial charge in [-0.15, -0.1) is 5.10 Å². The fourth-order valence-electron chi connectivity index (χ4n) is 3.44. The first-order valence-electron chi connectivity index (χ1n) is 9.84. The third-order valence-electron chi connectivity index (χ3n) is 5.00. The number of nitrogens with zero attached hydrogens (tertiary/aromatic N) is 3. The van der Waals surface area contributed by atoms with Crippen molar-refractivity contribution in [1.82, 2.24) is 25.6 Å². The van der Waals surface area contributed by atoms with Gasteiger partial charge in [0, 0.05) is 23.9 Å². The molecule has 0 atom stereocenters. The van der Waals surface area contributed by atoms with Crippen molar-refractivity contribution >= 4 is 23.6 Å². The van der Waals surface area contributed by atoms with Crippen molar-refractivity contribution in [2.75, 3.05) is 12.8 Å². The van der Waals surface area contributed by atoms with Gasteiger partial charge in [0.2, 0.25) is 0 Å². The number of amides is 2. The molecule has 1 aromatic carbocycles. The average molecular weight is 418 g/mol. The van der Waals surface area contributed by atoms with Crippen LogP contribution >= 0.6 is 11.8 Å². The molecule has 156 valence electrons.